The van der Waals surface area contributed by atoms with Crippen LogP contribution in [-0.2, 0) is 42.6 Å². The maximum Gasteiger partial charge on any atom is 0.339 e. The van der Waals surface area contributed by atoms with Gasteiger partial charge in [0.25, 0.3) is 0 Å². The minimum Gasteiger partial charge on any atom is -0.460 e. The van der Waals surface area contributed by atoms with Crippen LogP contribution in [0.3, 0.4) is 0 Å². The fraction of sp³-hybridized carbons (Fsp3) is 0.562. The fourth-order valence-corrected chi connectivity index (χ4v) is 5.10. The summed E-state index contributed by atoms with van der Waals surface area (Å²) in [5.41, 5.74) is 0.0945. The molecule has 0 saturated heterocycles. The van der Waals surface area contributed by atoms with E-state index in [0.717, 1.165) is 9.40 Å². The van der Waals surface area contributed by atoms with Crippen molar-refractivity contribution in [3.8, 4) is 0 Å². The van der Waals surface area contributed by atoms with E-state index in [1.807, 2.05) is 24.3 Å². The Kier molecular flexibility index (Phi) is 19.5. The van der Waals surface area contributed by atoms with E-state index >= 15 is 0 Å². The lowest BCUT2D eigenvalue weighted by Gasteiger charge is -2.09. The predicted octanol–water partition coefficient (Wildman–Crippen LogP) is 2.70. The van der Waals surface area contributed by atoms with Crippen molar-refractivity contribution in [2.75, 3.05) is 119 Å². The standard InChI is InChI=1S/C32H44O12S/c33-8-9-36-10-11-37-12-13-38-14-15-39-16-17-40-18-19-41-20-21-42-22-23-43-24-25-44-32(35)27-5-3-7-29-30(27)31(34)26-4-1-2-6-28(26)45-29/h1-7,33H,8-25H2. The second-order valence-corrected chi connectivity index (χ2v) is 10.4. The Labute approximate surface area is 267 Å². The molecule has 12 nitrogen and oxygen atoms in total. The minimum atomic E-state index is -0.546. The summed E-state index contributed by atoms with van der Waals surface area (Å²) in [6, 6.07) is 12.6. The lowest BCUT2D eigenvalue weighted by Crippen LogP contribution is -2.16. The van der Waals surface area contributed by atoms with Gasteiger partial charge in [0.15, 0.2) is 5.43 Å². The first-order valence-corrected chi connectivity index (χ1v) is 15.9. The molecule has 3 aromatic rings. The van der Waals surface area contributed by atoms with Gasteiger partial charge < -0.3 is 47.7 Å². The summed E-state index contributed by atoms with van der Waals surface area (Å²) >= 11 is 1.47. The quantitative estimate of drug-likeness (QED) is 0.0737. The first-order chi connectivity index (χ1) is 22.2. The molecule has 0 saturated carbocycles. The number of fused-ring (bicyclic) bond motifs is 2. The maximum absolute atomic E-state index is 13.0. The van der Waals surface area contributed by atoms with E-state index in [4.69, 9.17) is 47.7 Å². The molecule has 13 heteroatoms. The van der Waals surface area contributed by atoms with Gasteiger partial charge in [-0.2, -0.15) is 0 Å². The molecule has 1 heterocycles. The molecule has 0 atom stereocenters. The Hall–Kier alpha value is -2.56. The molecular formula is C32H44O12S. The molecule has 0 amide bonds. The molecule has 250 valence electrons. The van der Waals surface area contributed by atoms with Gasteiger partial charge in [0.05, 0.1) is 123 Å². The maximum atomic E-state index is 13.0. The highest BCUT2D eigenvalue weighted by Gasteiger charge is 2.16. The minimum absolute atomic E-state index is 0.0160. The molecule has 0 radical (unpaired) electrons. The van der Waals surface area contributed by atoms with Gasteiger partial charge in [-0.05, 0) is 24.3 Å². The molecule has 0 unspecified atom stereocenters. The number of hydrogen-bond donors (Lipinski definition) is 1. The molecule has 0 aliphatic carbocycles. The van der Waals surface area contributed by atoms with E-state index in [-0.39, 0.29) is 30.8 Å². The summed E-state index contributed by atoms with van der Waals surface area (Å²) in [7, 11) is 0. The van der Waals surface area contributed by atoms with Gasteiger partial charge in [0, 0.05) is 14.8 Å². The summed E-state index contributed by atoms with van der Waals surface area (Å²) in [6.07, 6.45) is 0. The summed E-state index contributed by atoms with van der Waals surface area (Å²) < 4.78 is 50.1. The van der Waals surface area contributed by atoms with Crippen LogP contribution in [0, 0.1) is 0 Å². The van der Waals surface area contributed by atoms with E-state index in [1.54, 1.807) is 18.2 Å². The normalized spacial score (nSPS) is 11.5. The van der Waals surface area contributed by atoms with Crippen LogP contribution in [-0.4, -0.2) is 130 Å². The van der Waals surface area contributed by atoms with Crippen molar-refractivity contribution in [2.45, 2.75) is 0 Å². The van der Waals surface area contributed by atoms with Crippen LogP contribution >= 0.6 is 11.3 Å². The Morgan fingerprint density at radius 3 is 1.44 bits per heavy atom. The predicted molar refractivity (Wildman–Crippen MR) is 170 cm³/mol. The van der Waals surface area contributed by atoms with Crippen molar-refractivity contribution >= 4 is 37.5 Å². The smallest absolute Gasteiger partial charge is 0.339 e. The van der Waals surface area contributed by atoms with Crippen LogP contribution < -0.4 is 5.43 Å². The molecule has 2 aromatic carbocycles. The third kappa shape index (κ3) is 14.6. The molecule has 0 aliphatic rings. The van der Waals surface area contributed by atoms with Gasteiger partial charge in [-0.15, -0.1) is 11.3 Å². The van der Waals surface area contributed by atoms with Crippen molar-refractivity contribution in [3.05, 3.63) is 58.3 Å². The van der Waals surface area contributed by atoms with Gasteiger partial charge in [0.2, 0.25) is 0 Å². The molecule has 0 spiro atoms. The first-order valence-electron chi connectivity index (χ1n) is 15.1. The molecule has 45 heavy (non-hydrogen) atoms. The van der Waals surface area contributed by atoms with Crippen LogP contribution in [0.1, 0.15) is 10.4 Å². The largest absolute Gasteiger partial charge is 0.460 e. The van der Waals surface area contributed by atoms with Gasteiger partial charge in [-0.25, -0.2) is 4.79 Å². The highest BCUT2D eigenvalue weighted by Crippen LogP contribution is 2.26. The zero-order valence-electron chi connectivity index (χ0n) is 25.6. The van der Waals surface area contributed by atoms with Crippen molar-refractivity contribution in [1.29, 1.82) is 0 Å². The number of benzene rings is 2. The topological polar surface area (TPSA) is 137 Å². The van der Waals surface area contributed by atoms with Crippen molar-refractivity contribution in [3.63, 3.8) is 0 Å². The average Bonchev–Trinajstić information content (AvgIpc) is 3.06. The number of ether oxygens (including phenoxy) is 9. The summed E-state index contributed by atoms with van der Waals surface area (Å²) in [4.78, 5) is 25.7. The van der Waals surface area contributed by atoms with Gasteiger partial charge in [-0.1, -0.05) is 18.2 Å². The second kappa shape index (κ2) is 23.7. The lowest BCUT2D eigenvalue weighted by molar-refractivity contribution is -0.0249. The van der Waals surface area contributed by atoms with Crippen LogP contribution in [0.15, 0.2) is 47.3 Å². The zero-order valence-corrected chi connectivity index (χ0v) is 26.4. The SMILES string of the molecule is O=C(OCCOCCOCCOCCOCCOCCOCCOCCOCCO)c1cccc2sc3ccccc3c(=O)c12. The Morgan fingerprint density at radius 1 is 0.533 bits per heavy atom. The number of rotatable bonds is 27. The van der Waals surface area contributed by atoms with Crippen LogP contribution in [0.4, 0.5) is 0 Å². The van der Waals surface area contributed by atoms with E-state index in [1.165, 1.54) is 11.3 Å². The van der Waals surface area contributed by atoms with Crippen LogP contribution in [0.2, 0.25) is 0 Å². The highest BCUT2D eigenvalue weighted by molar-refractivity contribution is 7.24. The fourth-order valence-electron chi connectivity index (χ4n) is 3.99. The van der Waals surface area contributed by atoms with Crippen molar-refractivity contribution < 1.29 is 52.5 Å². The Balaban J connectivity index is 1.08. The molecule has 3 rings (SSSR count). The first kappa shape index (κ1) is 36.9. The third-order valence-corrected chi connectivity index (χ3v) is 7.26. The van der Waals surface area contributed by atoms with Gasteiger partial charge in [-0.3, -0.25) is 4.79 Å². The molecule has 0 bridgehead atoms. The summed E-state index contributed by atoms with van der Waals surface area (Å²) in [6.45, 7) is 7.01. The molecule has 0 fully saturated rings. The number of carbonyl (C=O) groups is 1. The third-order valence-electron chi connectivity index (χ3n) is 6.13. The van der Waals surface area contributed by atoms with Crippen molar-refractivity contribution in [2.24, 2.45) is 0 Å². The number of hydrogen-bond acceptors (Lipinski definition) is 13. The van der Waals surface area contributed by atoms with E-state index in [0.29, 0.717) is 110 Å². The molecular weight excluding hydrogens is 608 g/mol. The van der Waals surface area contributed by atoms with Crippen LogP contribution in [0.25, 0.3) is 20.2 Å². The number of aliphatic hydroxyl groups excluding tert-OH is 1. The second-order valence-electron chi connectivity index (χ2n) is 9.36. The van der Waals surface area contributed by atoms with Crippen LogP contribution in [0.5, 0.6) is 0 Å². The summed E-state index contributed by atoms with van der Waals surface area (Å²) in [5.74, 6) is -0.546. The highest BCUT2D eigenvalue weighted by atomic mass is 32.1. The number of esters is 1. The monoisotopic (exact) mass is 652 g/mol. The van der Waals surface area contributed by atoms with E-state index < -0.39 is 5.97 Å². The lowest BCUT2D eigenvalue weighted by atomic mass is 10.1. The van der Waals surface area contributed by atoms with E-state index in [9.17, 15) is 9.59 Å². The van der Waals surface area contributed by atoms with E-state index in [2.05, 4.69) is 0 Å². The van der Waals surface area contributed by atoms with Gasteiger partial charge >= 0.3 is 5.97 Å². The van der Waals surface area contributed by atoms with Crippen molar-refractivity contribution in [1.82, 2.24) is 0 Å². The number of carbonyl (C=O) groups excluding carboxylic acids is 1. The van der Waals surface area contributed by atoms with Gasteiger partial charge in [0.1, 0.15) is 6.61 Å². The Morgan fingerprint density at radius 2 is 0.956 bits per heavy atom. The molecule has 1 aromatic heterocycles. The number of aliphatic hydroxyl groups is 1. The molecule has 0 aliphatic heterocycles. The zero-order chi connectivity index (χ0) is 31.8. The Bertz CT molecular complexity index is 1280. The molecule has 1 N–H and O–H groups in total. The average molecular weight is 653 g/mol. The summed E-state index contributed by atoms with van der Waals surface area (Å²) in [5, 5.41) is 9.56.